The highest BCUT2D eigenvalue weighted by Gasteiger charge is 2.22. The topological polar surface area (TPSA) is 32.5 Å². The average Bonchev–Trinajstić information content (AvgIpc) is 2.12. The van der Waals surface area contributed by atoms with Crippen LogP contribution in [0.25, 0.3) is 0 Å². The van der Waals surface area contributed by atoms with Crippen molar-refractivity contribution in [3.8, 4) is 0 Å². The lowest BCUT2D eigenvalue weighted by molar-refractivity contribution is 0.0923. The summed E-state index contributed by atoms with van der Waals surface area (Å²) in [6, 6.07) is 0.755. The Morgan fingerprint density at radius 1 is 1.38 bits per heavy atom. The minimum Gasteiger partial charge on any atom is -0.329 e. The SMILES string of the molecule is CCCC1CN(CCN)CCN1C. The Balaban J connectivity index is 2.33. The Morgan fingerprint density at radius 2 is 2.15 bits per heavy atom. The summed E-state index contributed by atoms with van der Waals surface area (Å²) in [5, 5.41) is 0. The van der Waals surface area contributed by atoms with Crippen LogP contribution in [0.5, 0.6) is 0 Å². The summed E-state index contributed by atoms with van der Waals surface area (Å²) in [6.07, 6.45) is 2.60. The molecule has 0 spiro atoms. The minimum absolute atomic E-state index is 0.755. The molecule has 0 aromatic carbocycles. The Hall–Kier alpha value is -0.120. The third kappa shape index (κ3) is 3.25. The van der Waals surface area contributed by atoms with Gasteiger partial charge in [-0.1, -0.05) is 13.3 Å². The lowest BCUT2D eigenvalue weighted by atomic mass is 10.1. The average molecular weight is 185 g/mol. The van der Waals surface area contributed by atoms with Crippen LogP contribution in [0.3, 0.4) is 0 Å². The smallest absolute Gasteiger partial charge is 0.0220 e. The molecule has 78 valence electrons. The first-order valence-electron chi connectivity index (χ1n) is 5.40. The maximum absolute atomic E-state index is 5.56. The Labute approximate surface area is 81.9 Å². The van der Waals surface area contributed by atoms with E-state index < -0.39 is 0 Å². The van der Waals surface area contributed by atoms with Gasteiger partial charge in [0.25, 0.3) is 0 Å². The fourth-order valence-corrected chi connectivity index (χ4v) is 2.04. The fraction of sp³-hybridized carbons (Fsp3) is 1.00. The first-order valence-corrected chi connectivity index (χ1v) is 5.40. The molecule has 3 nitrogen and oxygen atoms in total. The molecule has 1 heterocycles. The van der Waals surface area contributed by atoms with E-state index in [1.807, 2.05) is 0 Å². The minimum atomic E-state index is 0.755. The number of likely N-dealkylation sites (N-methyl/N-ethyl adjacent to an activating group) is 1. The van der Waals surface area contributed by atoms with Crippen molar-refractivity contribution in [2.24, 2.45) is 5.73 Å². The molecule has 0 saturated carbocycles. The van der Waals surface area contributed by atoms with Gasteiger partial charge >= 0.3 is 0 Å². The molecular formula is C10H23N3. The number of rotatable bonds is 4. The van der Waals surface area contributed by atoms with Crippen LogP contribution in [0.4, 0.5) is 0 Å². The van der Waals surface area contributed by atoms with Crippen LogP contribution in [0, 0.1) is 0 Å². The van der Waals surface area contributed by atoms with E-state index in [1.165, 1.54) is 32.5 Å². The monoisotopic (exact) mass is 185 g/mol. The summed E-state index contributed by atoms with van der Waals surface area (Å²) in [5.74, 6) is 0. The summed E-state index contributed by atoms with van der Waals surface area (Å²) in [6.45, 7) is 7.71. The van der Waals surface area contributed by atoms with Gasteiger partial charge in [-0.3, -0.25) is 4.90 Å². The van der Waals surface area contributed by atoms with Gasteiger partial charge in [0.1, 0.15) is 0 Å². The molecule has 0 aromatic rings. The molecule has 0 amide bonds. The molecule has 1 atom stereocenters. The maximum Gasteiger partial charge on any atom is 0.0220 e. The van der Waals surface area contributed by atoms with Crippen LogP contribution in [-0.4, -0.2) is 55.6 Å². The third-order valence-electron chi connectivity index (χ3n) is 2.93. The Morgan fingerprint density at radius 3 is 2.77 bits per heavy atom. The van der Waals surface area contributed by atoms with Crippen molar-refractivity contribution < 1.29 is 0 Å². The lowest BCUT2D eigenvalue weighted by Gasteiger charge is -2.39. The largest absolute Gasteiger partial charge is 0.329 e. The number of nitrogens with zero attached hydrogens (tertiary/aromatic N) is 2. The van der Waals surface area contributed by atoms with Crippen molar-refractivity contribution in [2.75, 3.05) is 39.8 Å². The standard InChI is InChI=1S/C10H23N3/c1-3-4-10-9-13(6-5-11)8-7-12(10)2/h10H,3-9,11H2,1-2H3. The number of hydrogen-bond acceptors (Lipinski definition) is 3. The molecule has 1 fully saturated rings. The number of hydrogen-bond donors (Lipinski definition) is 1. The third-order valence-corrected chi connectivity index (χ3v) is 2.93. The van der Waals surface area contributed by atoms with Crippen molar-refractivity contribution >= 4 is 0 Å². The zero-order chi connectivity index (χ0) is 9.68. The summed E-state index contributed by atoms with van der Waals surface area (Å²) >= 11 is 0. The molecular weight excluding hydrogens is 162 g/mol. The molecule has 1 rings (SSSR count). The van der Waals surface area contributed by atoms with Crippen LogP contribution < -0.4 is 5.73 Å². The van der Waals surface area contributed by atoms with Gasteiger partial charge in [0, 0.05) is 38.8 Å². The molecule has 2 N–H and O–H groups in total. The van der Waals surface area contributed by atoms with Gasteiger partial charge in [-0.05, 0) is 13.5 Å². The quantitative estimate of drug-likeness (QED) is 0.686. The molecule has 0 aromatic heterocycles. The predicted molar refractivity (Wildman–Crippen MR) is 56.8 cm³/mol. The molecule has 1 aliphatic heterocycles. The van der Waals surface area contributed by atoms with Crippen molar-refractivity contribution in [1.29, 1.82) is 0 Å². The first-order chi connectivity index (χ1) is 6.27. The molecule has 13 heavy (non-hydrogen) atoms. The maximum atomic E-state index is 5.56. The fourth-order valence-electron chi connectivity index (χ4n) is 2.04. The molecule has 0 bridgehead atoms. The van der Waals surface area contributed by atoms with E-state index in [9.17, 15) is 0 Å². The predicted octanol–water partition coefficient (Wildman–Crippen LogP) is 0.361. The Kier molecular flexibility index (Phi) is 4.70. The summed E-state index contributed by atoms with van der Waals surface area (Å²) in [7, 11) is 2.24. The van der Waals surface area contributed by atoms with Crippen LogP contribution in [0.15, 0.2) is 0 Å². The molecule has 1 aliphatic rings. The number of piperazine rings is 1. The van der Waals surface area contributed by atoms with Crippen molar-refractivity contribution in [3.05, 3.63) is 0 Å². The molecule has 1 unspecified atom stereocenters. The van der Waals surface area contributed by atoms with Gasteiger partial charge < -0.3 is 10.6 Å². The van der Waals surface area contributed by atoms with Crippen molar-refractivity contribution in [1.82, 2.24) is 9.80 Å². The van der Waals surface area contributed by atoms with E-state index in [2.05, 4.69) is 23.8 Å². The molecule has 1 saturated heterocycles. The van der Waals surface area contributed by atoms with Crippen LogP contribution in [-0.2, 0) is 0 Å². The van der Waals surface area contributed by atoms with E-state index in [1.54, 1.807) is 0 Å². The second-order valence-electron chi connectivity index (χ2n) is 4.01. The zero-order valence-electron chi connectivity index (χ0n) is 9.00. The van der Waals surface area contributed by atoms with Gasteiger partial charge in [-0.2, -0.15) is 0 Å². The van der Waals surface area contributed by atoms with Crippen LogP contribution in [0.1, 0.15) is 19.8 Å². The van der Waals surface area contributed by atoms with Gasteiger partial charge in [0.05, 0.1) is 0 Å². The first kappa shape index (κ1) is 11.0. The van der Waals surface area contributed by atoms with Crippen LogP contribution >= 0.6 is 0 Å². The molecule has 0 radical (unpaired) electrons. The van der Waals surface area contributed by atoms with E-state index in [-0.39, 0.29) is 0 Å². The van der Waals surface area contributed by atoms with E-state index >= 15 is 0 Å². The highest BCUT2D eigenvalue weighted by atomic mass is 15.3. The van der Waals surface area contributed by atoms with E-state index in [0.29, 0.717) is 0 Å². The highest BCUT2D eigenvalue weighted by Crippen LogP contribution is 2.11. The van der Waals surface area contributed by atoms with Crippen molar-refractivity contribution in [3.63, 3.8) is 0 Å². The summed E-state index contributed by atoms with van der Waals surface area (Å²) in [4.78, 5) is 4.97. The Bertz CT molecular complexity index is 138. The lowest BCUT2D eigenvalue weighted by Crippen LogP contribution is -2.52. The molecule has 3 heteroatoms. The summed E-state index contributed by atoms with van der Waals surface area (Å²) in [5.41, 5.74) is 5.56. The molecule has 0 aliphatic carbocycles. The van der Waals surface area contributed by atoms with E-state index in [4.69, 9.17) is 5.73 Å². The highest BCUT2D eigenvalue weighted by molar-refractivity contribution is 4.79. The summed E-state index contributed by atoms with van der Waals surface area (Å²) < 4.78 is 0. The van der Waals surface area contributed by atoms with Gasteiger partial charge in [0.15, 0.2) is 0 Å². The van der Waals surface area contributed by atoms with Crippen LogP contribution in [0.2, 0.25) is 0 Å². The van der Waals surface area contributed by atoms with E-state index in [0.717, 1.165) is 19.1 Å². The van der Waals surface area contributed by atoms with Gasteiger partial charge in [-0.25, -0.2) is 0 Å². The zero-order valence-corrected chi connectivity index (χ0v) is 9.00. The van der Waals surface area contributed by atoms with Gasteiger partial charge in [0.2, 0.25) is 0 Å². The normalized spacial score (nSPS) is 26.5. The number of nitrogens with two attached hydrogens (primary N) is 1. The second-order valence-corrected chi connectivity index (χ2v) is 4.01. The second kappa shape index (κ2) is 5.58. The van der Waals surface area contributed by atoms with Crippen molar-refractivity contribution in [2.45, 2.75) is 25.8 Å². The van der Waals surface area contributed by atoms with Gasteiger partial charge in [-0.15, -0.1) is 0 Å².